The molecule has 106 valence electrons. The normalized spacial score (nSPS) is 10.6. The summed E-state index contributed by atoms with van der Waals surface area (Å²) in [4.78, 5) is 17.5. The number of hydrogen-bond donors (Lipinski definition) is 1. The highest BCUT2D eigenvalue weighted by Gasteiger charge is 2.08. The van der Waals surface area contributed by atoms with Crippen molar-refractivity contribution in [1.29, 1.82) is 0 Å². The zero-order valence-electron chi connectivity index (χ0n) is 12.2. The van der Waals surface area contributed by atoms with Crippen molar-refractivity contribution in [2.45, 2.75) is 40.2 Å². The summed E-state index contributed by atoms with van der Waals surface area (Å²) in [7, 11) is 0. The van der Waals surface area contributed by atoms with Gasteiger partial charge in [-0.25, -0.2) is 4.98 Å². The number of carbonyl (C=O) groups excluding carboxylic acids is 1. The zero-order chi connectivity index (χ0) is 14.5. The van der Waals surface area contributed by atoms with Crippen molar-refractivity contribution in [3.63, 3.8) is 0 Å². The van der Waals surface area contributed by atoms with E-state index < -0.39 is 0 Å². The lowest BCUT2D eigenvalue weighted by atomic mass is 10.1. The fraction of sp³-hybridized carbons (Fsp3) is 0.375. The number of carbonyl (C=O) groups is 1. The number of aromatic nitrogens is 1. The summed E-state index contributed by atoms with van der Waals surface area (Å²) in [5.74, 6) is 0.0944. The first-order valence-corrected chi connectivity index (χ1v) is 7.61. The van der Waals surface area contributed by atoms with Gasteiger partial charge in [0.05, 0.1) is 10.7 Å². The van der Waals surface area contributed by atoms with Gasteiger partial charge in [0.1, 0.15) is 0 Å². The highest BCUT2D eigenvalue weighted by Crippen LogP contribution is 2.18. The van der Waals surface area contributed by atoms with Crippen LogP contribution in [0.15, 0.2) is 24.3 Å². The van der Waals surface area contributed by atoms with E-state index >= 15 is 0 Å². The summed E-state index contributed by atoms with van der Waals surface area (Å²) in [6.07, 6.45) is 1.30. The van der Waals surface area contributed by atoms with Gasteiger partial charge < -0.3 is 5.32 Å². The van der Waals surface area contributed by atoms with Crippen LogP contribution in [0.3, 0.4) is 0 Å². The highest BCUT2D eigenvalue weighted by atomic mass is 32.1. The Bertz CT molecular complexity index is 604. The fourth-order valence-corrected chi connectivity index (χ4v) is 3.08. The van der Waals surface area contributed by atoms with Gasteiger partial charge in [0, 0.05) is 17.8 Å². The van der Waals surface area contributed by atoms with E-state index in [0.717, 1.165) is 22.7 Å². The SMILES string of the molecule is Cc1cccc(CNC(=O)CCc2sc(C)nc2C)c1. The van der Waals surface area contributed by atoms with Crippen LogP contribution in [0.4, 0.5) is 0 Å². The summed E-state index contributed by atoms with van der Waals surface area (Å²) in [6, 6.07) is 8.20. The Kier molecular flexibility index (Phi) is 4.90. The second-order valence-corrected chi connectivity index (χ2v) is 6.29. The van der Waals surface area contributed by atoms with Gasteiger partial charge in [-0.15, -0.1) is 11.3 Å². The Hall–Kier alpha value is -1.68. The third kappa shape index (κ3) is 4.17. The molecule has 0 aliphatic rings. The number of amides is 1. The molecule has 4 heteroatoms. The molecule has 1 heterocycles. The average molecular weight is 288 g/mol. The minimum Gasteiger partial charge on any atom is -0.352 e. The van der Waals surface area contributed by atoms with Gasteiger partial charge in [0.25, 0.3) is 0 Å². The molecule has 0 atom stereocenters. The number of nitrogens with one attached hydrogen (secondary N) is 1. The highest BCUT2D eigenvalue weighted by molar-refractivity contribution is 7.11. The lowest BCUT2D eigenvalue weighted by Gasteiger charge is -2.06. The Morgan fingerprint density at radius 1 is 1.30 bits per heavy atom. The number of hydrogen-bond acceptors (Lipinski definition) is 3. The molecule has 2 rings (SSSR count). The van der Waals surface area contributed by atoms with Crippen molar-refractivity contribution in [2.75, 3.05) is 0 Å². The first-order chi connectivity index (χ1) is 9.54. The fourth-order valence-electron chi connectivity index (χ4n) is 2.14. The predicted molar refractivity (Wildman–Crippen MR) is 82.9 cm³/mol. The van der Waals surface area contributed by atoms with Gasteiger partial charge in [-0.2, -0.15) is 0 Å². The van der Waals surface area contributed by atoms with Gasteiger partial charge in [-0.1, -0.05) is 29.8 Å². The number of nitrogens with zero attached hydrogens (tertiary/aromatic N) is 1. The lowest BCUT2D eigenvalue weighted by molar-refractivity contribution is -0.121. The molecular weight excluding hydrogens is 268 g/mol. The van der Waals surface area contributed by atoms with E-state index in [1.807, 2.05) is 26.0 Å². The van der Waals surface area contributed by atoms with Crippen LogP contribution >= 0.6 is 11.3 Å². The van der Waals surface area contributed by atoms with Gasteiger partial charge in [0.15, 0.2) is 0 Å². The predicted octanol–water partition coefficient (Wildman–Crippen LogP) is 3.32. The van der Waals surface area contributed by atoms with Crippen LogP contribution in [-0.4, -0.2) is 10.9 Å². The molecule has 0 bridgehead atoms. The van der Waals surface area contributed by atoms with Gasteiger partial charge in [-0.05, 0) is 32.8 Å². The zero-order valence-corrected chi connectivity index (χ0v) is 13.0. The number of benzene rings is 1. The molecular formula is C16H20N2OS. The molecule has 1 amide bonds. The van der Waals surface area contributed by atoms with Crippen LogP contribution < -0.4 is 5.32 Å². The van der Waals surface area contributed by atoms with E-state index in [9.17, 15) is 4.79 Å². The summed E-state index contributed by atoms with van der Waals surface area (Å²) in [5, 5.41) is 4.04. The monoisotopic (exact) mass is 288 g/mol. The van der Waals surface area contributed by atoms with E-state index in [2.05, 4.69) is 29.4 Å². The molecule has 0 radical (unpaired) electrons. The molecule has 0 saturated heterocycles. The third-order valence-electron chi connectivity index (χ3n) is 3.15. The Morgan fingerprint density at radius 3 is 2.75 bits per heavy atom. The molecule has 0 unspecified atom stereocenters. The molecule has 2 aromatic rings. The van der Waals surface area contributed by atoms with Crippen molar-refractivity contribution in [3.8, 4) is 0 Å². The lowest BCUT2D eigenvalue weighted by Crippen LogP contribution is -2.23. The van der Waals surface area contributed by atoms with Crippen LogP contribution in [0, 0.1) is 20.8 Å². The molecule has 1 aromatic heterocycles. The topological polar surface area (TPSA) is 42.0 Å². The van der Waals surface area contributed by atoms with Crippen LogP contribution in [-0.2, 0) is 17.8 Å². The van der Waals surface area contributed by atoms with E-state index in [4.69, 9.17) is 0 Å². The molecule has 1 aromatic carbocycles. The second kappa shape index (κ2) is 6.66. The first kappa shape index (κ1) is 14.7. The maximum absolute atomic E-state index is 11.9. The average Bonchev–Trinajstić information content (AvgIpc) is 2.72. The summed E-state index contributed by atoms with van der Waals surface area (Å²) >= 11 is 1.68. The molecule has 3 nitrogen and oxygen atoms in total. The Morgan fingerprint density at radius 2 is 2.10 bits per heavy atom. The number of aryl methyl sites for hydroxylation is 4. The largest absolute Gasteiger partial charge is 0.352 e. The first-order valence-electron chi connectivity index (χ1n) is 6.80. The standard InChI is InChI=1S/C16H20N2OS/c1-11-5-4-6-14(9-11)10-17-16(19)8-7-15-12(2)18-13(3)20-15/h4-6,9H,7-8,10H2,1-3H3,(H,17,19). The van der Waals surface area contributed by atoms with Crippen molar-refractivity contribution in [3.05, 3.63) is 51.0 Å². The number of rotatable bonds is 5. The summed E-state index contributed by atoms with van der Waals surface area (Å²) < 4.78 is 0. The van der Waals surface area contributed by atoms with Gasteiger partial charge in [-0.3, -0.25) is 4.79 Å². The van der Waals surface area contributed by atoms with Crippen molar-refractivity contribution < 1.29 is 4.79 Å². The molecule has 20 heavy (non-hydrogen) atoms. The summed E-state index contributed by atoms with van der Waals surface area (Å²) in [6.45, 7) is 6.66. The second-order valence-electron chi connectivity index (χ2n) is 5.01. The van der Waals surface area contributed by atoms with Gasteiger partial charge in [0.2, 0.25) is 5.91 Å². The minimum absolute atomic E-state index is 0.0944. The van der Waals surface area contributed by atoms with E-state index in [0.29, 0.717) is 13.0 Å². The maximum atomic E-state index is 11.9. The molecule has 0 aliphatic carbocycles. The molecule has 0 saturated carbocycles. The van der Waals surface area contributed by atoms with Crippen molar-refractivity contribution >= 4 is 17.2 Å². The molecule has 0 fully saturated rings. The number of thiazole rings is 1. The van der Waals surface area contributed by atoms with Crippen LogP contribution in [0.2, 0.25) is 0 Å². The third-order valence-corrected chi connectivity index (χ3v) is 4.28. The molecule has 1 N–H and O–H groups in total. The quantitative estimate of drug-likeness (QED) is 0.917. The van der Waals surface area contributed by atoms with E-state index in [-0.39, 0.29) is 5.91 Å². The van der Waals surface area contributed by atoms with Crippen LogP contribution in [0.1, 0.15) is 33.1 Å². The summed E-state index contributed by atoms with van der Waals surface area (Å²) in [5.41, 5.74) is 3.41. The molecule has 0 aliphatic heterocycles. The maximum Gasteiger partial charge on any atom is 0.220 e. The van der Waals surface area contributed by atoms with Crippen LogP contribution in [0.5, 0.6) is 0 Å². The minimum atomic E-state index is 0.0944. The molecule has 0 spiro atoms. The van der Waals surface area contributed by atoms with Crippen molar-refractivity contribution in [2.24, 2.45) is 0 Å². The Labute approximate surface area is 124 Å². The smallest absolute Gasteiger partial charge is 0.220 e. The Balaban J connectivity index is 1.80. The van der Waals surface area contributed by atoms with Crippen molar-refractivity contribution in [1.82, 2.24) is 10.3 Å². The van der Waals surface area contributed by atoms with Gasteiger partial charge >= 0.3 is 0 Å². The van der Waals surface area contributed by atoms with Crippen LogP contribution in [0.25, 0.3) is 0 Å². The van der Waals surface area contributed by atoms with E-state index in [1.165, 1.54) is 10.4 Å². The van der Waals surface area contributed by atoms with E-state index in [1.54, 1.807) is 11.3 Å².